The second kappa shape index (κ2) is 37.2. The van der Waals surface area contributed by atoms with Gasteiger partial charge in [0.1, 0.15) is 0 Å². The first-order valence-electron chi connectivity index (χ1n) is 6.68. The fourth-order valence-electron chi connectivity index (χ4n) is 0.354. The summed E-state index contributed by atoms with van der Waals surface area (Å²) in [5.74, 6) is 0. The highest BCUT2D eigenvalue weighted by molar-refractivity contribution is 4.78. The van der Waals surface area contributed by atoms with Crippen LogP contribution >= 0.6 is 0 Å². The maximum atomic E-state index is 3.56. The summed E-state index contributed by atoms with van der Waals surface area (Å²) >= 11 is 0. The topological polar surface area (TPSA) is 0 Å². The van der Waals surface area contributed by atoms with Gasteiger partial charge in [-0.3, -0.25) is 0 Å². The van der Waals surface area contributed by atoms with E-state index in [9.17, 15) is 0 Å². The Balaban J connectivity index is -0.0000000562. The van der Waals surface area contributed by atoms with Gasteiger partial charge in [0.2, 0.25) is 0 Å². The summed E-state index contributed by atoms with van der Waals surface area (Å²) in [5.41, 5.74) is 1.17. The highest BCUT2D eigenvalue weighted by atomic mass is 13.7. The lowest BCUT2D eigenvalue weighted by atomic mass is 10.3. The lowest BCUT2D eigenvalue weighted by Crippen LogP contribution is -1.59. The normalized spacial score (nSPS) is 6.93. The second-order valence-electron chi connectivity index (χ2n) is 3.56. The minimum atomic E-state index is 1.17. The van der Waals surface area contributed by atoms with Gasteiger partial charge in [0.15, 0.2) is 0 Å². The van der Waals surface area contributed by atoms with E-state index in [-0.39, 0.29) is 0 Å². The van der Waals surface area contributed by atoms with Gasteiger partial charge in [-0.1, -0.05) is 79.2 Å². The average molecular weight is 216 g/mol. The van der Waals surface area contributed by atoms with Crippen LogP contribution in [-0.2, 0) is 0 Å². The van der Waals surface area contributed by atoms with E-state index in [1.54, 1.807) is 0 Å². The van der Waals surface area contributed by atoms with Gasteiger partial charge in [0.05, 0.1) is 0 Å². The van der Waals surface area contributed by atoms with Crippen molar-refractivity contribution in [2.75, 3.05) is 0 Å². The number of allylic oxidation sites excluding steroid dienone is 1. The summed E-state index contributed by atoms with van der Waals surface area (Å²) in [5, 5.41) is 0. The Bertz CT molecular complexity index is 64.1. The Morgan fingerprint density at radius 3 is 0.933 bits per heavy atom. The van der Waals surface area contributed by atoms with Crippen LogP contribution in [0.4, 0.5) is 0 Å². The fraction of sp³-hybridized carbons (Fsp3) is 0.867. The molecular weight excluding hydrogens is 180 g/mol. The standard InChI is InChI=1S/C5H12.C4H8.C4H10.C2H6/c1-3-5-4-2;1-4(2)3;1-3-4-2;1-2/h3-5H2,1-2H3;1H2,2-3H3;3-4H2,1-2H3;1-2H3. The van der Waals surface area contributed by atoms with Crippen LogP contribution in [0.1, 0.15) is 87.5 Å². The Morgan fingerprint density at radius 1 is 0.733 bits per heavy atom. The Morgan fingerprint density at radius 2 is 0.933 bits per heavy atom. The molecule has 0 rings (SSSR count). The predicted molar refractivity (Wildman–Crippen MR) is 77.6 cm³/mol. The van der Waals surface area contributed by atoms with Gasteiger partial charge in [-0.25, -0.2) is 0 Å². The van der Waals surface area contributed by atoms with E-state index in [0.717, 1.165) is 0 Å². The van der Waals surface area contributed by atoms with Gasteiger partial charge in [-0.05, 0) is 13.8 Å². The first-order valence-corrected chi connectivity index (χ1v) is 6.68. The molecule has 0 nitrogen and oxygen atoms in total. The van der Waals surface area contributed by atoms with E-state index in [4.69, 9.17) is 0 Å². The SMILES string of the molecule is C=C(C)C.CC.CCCC.CCCCC. The summed E-state index contributed by atoms with van der Waals surface area (Å²) < 4.78 is 0. The lowest BCUT2D eigenvalue weighted by Gasteiger charge is -1.79. The zero-order chi connectivity index (χ0) is 13.1. The van der Waals surface area contributed by atoms with Gasteiger partial charge in [0.25, 0.3) is 0 Å². The lowest BCUT2D eigenvalue weighted by molar-refractivity contribution is 0.772. The molecule has 0 aliphatic rings. The fourth-order valence-corrected chi connectivity index (χ4v) is 0.354. The first kappa shape index (κ1) is 24.1. The Kier molecular flexibility index (Phi) is 59.9. The van der Waals surface area contributed by atoms with Crippen molar-refractivity contribution < 1.29 is 0 Å². The van der Waals surface area contributed by atoms with E-state index in [2.05, 4.69) is 34.3 Å². The van der Waals surface area contributed by atoms with Crippen molar-refractivity contribution in [1.29, 1.82) is 0 Å². The van der Waals surface area contributed by atoms with Crippen LogP contribution in [0.5, 0.6) is 0 Å². The average Bonchev–Trinajstić information content (AvgIpc) is 2.22. The van der Waals surface area contributed by atoms with Crippen LogP contribution in [0.25, 0.3) is 0 Å². The molecule has 0 amide bonds. The summed E-state index contributed by atoms with van der Waals surface area (Å²) in [4.78, 5) is 0. The molecule has 0 saturated carbocycles. The maximum absolute atomic E-state index is 3.56. The molecule has 0 aromatic carbocycles. The van der Waals surface area contributed by atoms with Crippen molar-refractivity contribution in [3.8, 4) is 0 Å². The molecule has 0 bridgehead atoms. The van der Waals surface area contributed by atoms with Crippen molar-refractivity contribution in [2.24, 2.45) is 0 Å². The molecule has 0 aliphatic heterocycles. The Labute approximate surface area is 100 Å². The van der Waals surface area contributed by atoms with E-state index in [0.29, 0.717) is 0 Å². The monoisotopic (exact) mass is 216 g/mol. The zero-order valence-electron chi connectivity index (χ0n) is 12.7. The molecule has 96 valence electrons. The third kappa shape index (κ3) is 252. The van der Waals surface area contributed by atoms with E-state index in [1.165, 1.54) is 37.7 Å². The number of hydrogen-bond donors (Lipinski definition) is 0. The van der Waals surface area contributed by atoms with Gasteiger partial charge < -0.3 is 0 Å². The van der Waals surface area contributed by atoms with Crippen LogP contribution in [0.3, 0.4) is 0 Å². The highest BCUT2D eigenvalue weighted by Crippen LogP contribution is 1.88. The van der Waals surface area contributed by atoms with E-state index < -0.39 is 0 Å². The van der Waals surface area contributed by atoms with E-state index >= 15 is 0 Å². The molecule has 0 aromatic rings. The van der Waals surface area contributed by atoms with Crippen molar-refractivity contribution in [3.05, 3.63) is 12.2 Å². The van der Waals surface area contributed by atoms with Gasteiger partial charge in [-0.15, -0.1) is 6.58 Å². The maximum Gasteiger partial charge on any atom is -0.0445 e. The minimum Gasteiger partial charge on any atom is -0.100 e. The Hall–Kier alpha value is -0.260. The first-order chi connectivity index (χ1) is 7.06. The summed E-state index contributed by atoms with van der Waals surface area (Å²) in [6, 6.07) is 0. The van der Waals surface area contributed by atoms with Crippen molar-refractivity contribution in [1.82, 2.24) is 0 Å². The second-order valence-corrected chi connectivity index (χ2v) is 3.56. The van der Waals surface area contributed by atoms with Crippen LogP contribution in [-0.4, -0.2) is 0 Å². The van der Waals surface area contributed by atoms with Crippen molar-refractivity contribution in [3.63, 3.8) is 0 Å². The largest absolute Gasteiger partial charge is 0.100 e. The molecule has 0 unspecified atom stereocenters. The summed E-state index contributed by atoms with van der Waals surface area (Å²) in [6.45, 7) is 20.3. The molecule has 0 radical (unpaired) electrons. The molecule has 0 N–H and O–H groups in total. The molecule has 0 spiro atoms. The molecule has 0 aliphatic carbocycles. The zero-order valence-corrected chi connectivity index (χ0v) is 12.7. The summed E-state index contributed by atoms with van der Waals surface area (Å²) in [6.07, 6.45) is 6.72. The number of unbranched alkanes of at least 4 members (excludes halogenated alkanes) is 3. The summed E-state index contributed by atoms with van der Waals surface area (Å²) in [7, 11) is 0. The number of rotatable bonds is 3. The van der Waals surface area contributed by atoms with Gasteiger partial charge in [-0.2, -0.15) is 0 Å². The molecular formula is C15H36. The van der Waals surface area contributed by atoms with Crippen LogP contribution < -0.4 is 0 Å². The smallest absolute Gasteiger partial charge is 0.0445 e. The third-order valence-corrected chi connectivity index (χ3v) is 1.21. The highest BCUT2D eigenvalue weighted by Gasteiger charge is 1.68. The van der Waals surface area contributed by atoms with E-state index in [1.807, 2.05) is 27.7 Å². The molecule has 0 heterocycles. The molecule has 0 atom stereocenters. The molecule has 15 heavy (non-hydrogen) atoms. The minimum absolute atomic E-state index is 1.17. The molecule has 0 aromatic heterocycles. The van der Waals surface area contributed by atoms with Crippen LogP contribution in [0, 0.1) is 0 Å². The van der Waals surface area contributed by atoms with Crippen molar-refractivity contribution in [2.45, 2.75) is 87.5 Å². The van der Waals surface area contributed by atoms with Gasteiger partial charge >= 0.3 is 0 Å². The number of hydrogen-bond acceptors (Lipinski definition) is 0. The third-order valence-electron chi connectivity index (χ3n) is 1.21. The van der Waals surface area contributed by atoms with Crippen molar-refractivity contribution >= 4 is 0 Å². The van der Waals surface area contributed by atoms with Crippen LogP contribution in [0.2, 0.25) is 0 Å². The predicted octanol–water partition coefficient (Wildman–Crippen LogP) is 6.61. The molecule has 0 fully saturated rings. The van der Waals surface area contributed by atoms with Crippen LogP contribution in [0.15, 0.2) is 12.2 Å². The van der Waals surface area contributed by atoms with Gasteiger partial charge in [0, 0.05) is 0 Å². The molecule has 0 heteroatoms. The molecule has 0 saturated heterocycles. The quantitative estimate of drug-likeness (QED) is 0.465.